The van der Waals surface area contributed by atoms with E-state index in [9.17, 15) is 0 Å². The van der Waals surface area contributed by atoms with Gasteiger partial charge in [-0.2, -0.15) is 0 Å². The van der Waals surface area contributed by atoms with Crippen LogP contribution in [-0.2, 0) is 22.8 Å². The Morgan fingerprint density at radius 2 is 1.14 bits per heavy atom. The second-order valence-corrected chi connectivity index (χ2v) is 18.8. The first-order valence-corrected chi connectivity index (χ1v) is 22.0. The van der Waals surface area contributed by atoms with Gasteiger partial charge < -0.3 is 14.7 Å². The summed E-state index contributed by atoms with van der Waals surface area (Å²) in [6.07, 6.45) is 6.92. The highest BCUT2D eigenvalue weighted by Crippen LogP contribution is 2.67. The molecule has 0 N–H and O–H groups in total. The van der Waals surface area contributed by atoms with Gasteiger partial charge in [-0.15, -0.1) is 0 Å². The van der Waals surface area contributed by atoms with Crippen molar-refractivity contribution in [2.45, 2.75) is 81.2 Å². The molecule has 4 heterocycles. The van der Waals surface area contributed by atoms with Crippen LogP contribution in [0.4, 0.5) is 39.8 Å². The Hall–Kier alpha value is -6.00. The Bertz CT molecular complexity index is 2890. The van der Waals surface area contributed by atoms with Crippen LogP contribution < -0.4 is 31.1 Å². The number of para-hydroxylation sites is 4. The third kappa shape index (κ3) is 3.93. The Morgan fingerprint density at radius 1 is 0.492 bits per heavy atom. The van der Waals surface area contributed by atoms with E-state index in [0.29, 0.717) is 0 Å². The van der Waals surface area contributed by atoms with Gasteiger partial charge in [-0.3, -0.25) is 0 Å². The maximum Gasteiger partial charge on any atom is 0.252 e. The molecule has 2 aliphatic carbocycles. The van der Waals surface area contributed by atoms with E-state index in [1.807, 2.05) is 0 Å². The van der Waals surface area contributed by atoms with E-state index in [-0.39, 0.29) is 28.6 Å². The summed E-state index contributed by atoms with van der Waals surface area (Å²) in [6, 6.07) is 63.2. The number of anilines is 7. The van der Waals surface area contributed by atoms with Gasteiger partial charge in [0.15, 0.2) is 0 Å². The molecule has 0 aromatic heterocycles. The van der Waals surface area contributed by atoms with E-state index >= 15 is 0 Å². The predicted octanol–water partition coefficient (Wildman–Crippen LogP) is 11.3. The van der Waals surface area contributed by atoms with Gasteiger partial charge in [-0.1, -0.05) is 147 Å². The van der Waals surface area contributed by atoms with Gasteiger partial charge in [0.1, 0.15) is 0 Å². The van der Waals surface area contributed by atoms with Crippen LogP contribution in [0, 0.1) is 0 Å². The van der Waals surface area contributed by atoms with Crippen LogP contribution in [0.5, 0.6) is 0 Å². The molecule has 0 radical (unpaired) electrons. The predicted molar refractivity (Wildman–Crippen MR) is 247 cm³/mol. The van der Waals surface area contributed by atoms with E-state index in [1.54, 1.807) is 0 Å². The fourth-order valence-corrected chi connectivity index (χ4v) is 13.9. The minimum atomic E-state index is -0.294. The third-order valence-corrected chi connectivity index (χ3v) is 16.6. The average molecular weight is 762 g/mol. The van der Waals surface area contributed by atoms with Gasteiger partial charge >= 0.3 is 0 Å². The summed E-state index contributed by atoms with van der Waals surface area (Å²) in [5.74, 6) is 0. The first-order chi connectivity index (χ1) is 28.9. The highest BCUT2D eigenvalue weighted by atomic mass is 15.3. The zero-order valence-electron chi connectivity index (χ0n) is 34.3. The molecule has 4 aliphatic heterocycles. The molecule has 7 aromatic carbocycles. The van der Waals surface area contributed by atoms with Crippen LogP contribution in [0.3, 0.4) is 0 Å². The molecule has 0 bridgehead atoms. The fourth-order valence-electron chi connectivity index (χ4n) is 13.9. The van der Waals surface area contributed by atoms with Crippen LogP contribution in [0.1, 0.15) is 80.7 Å². The topological polar surface area (TPSA) is 9.72 Å². The summed E-state index contributed by atoms with van der Waals surface area (Å²) < 4.78 is 0. The highest BCUT2D eigenvalue weighted by Gasteiger charge is 2.64. The Morgan fingerprint density at radius 3 is 1.97 bits per heavy atom. The smallest absolute Gasteiger partial charge is 0.252 e. The summed E-state index contributed by atoms with van der Waals surface area (Å²) in [4.78, 5) is 8.27. The van der Waals surface area contributed by atoms with Crippen LogP contribution in [-0.4, -0.2) is 12.3 Å². The molecule has 0 spiro atoms. The lowest BCUT2D eigenvalue weighted by Crippen LogP contribution is -2.64. The van der Waals surface area contributed by atoms with Crippen LogP contribution >= 0.6 is 0 Å². The van der Waals surface area contributed by atoms with Crippen molar-refractivity contribution in [3.8, 4) is 0 Å². The lowest BCUT2D eigenvalue weighted by atomic mass is 9.33. The molecule has 3 nitrogen and oxygen atoms in total. The normalized spacial score (nSPS) is 26.3. The first-order valence-electron chi connectivity index (χ1n) is 22.0. The van der Waals surface area contributed by atoms with E-state index in [2.05, 4.69) is 199 Å². The number of nitrogens with zero attached hydrogens (tertiary/aromatic N) is 3. The number of fused-ring (bicyclic) bond motifs is 12. The molecule has 13 rings (SSSR count). The van der Waals surface area contributed by atoms with Crippen LogP contribution in [0.25, 0.3) is 0 Å². The molecule has 0 amide bonds. The minimum absolute atomic E-state index is 0.0836. The van der Waals surface area contributed by atoms with Crippen molar-refractivity contribution in [3.05, 3.63) is 192 Å². The molecular weight excluding hydrogens is 713 g/mol. The van der Waals surface area contributed by atoms with E-state index < -0.39 is 0 Å². The van der Waals surface area contributed by atoms with E-state index in [1.165, 1.54) is 96.9 Å². The van der Waals surface area contributed by atoms with E-state index in [4.69, 9.17) is 0 Å². The van der Waals surface area contributed by atoms with Crippen LogP contribution in [0.2, 0.25) is 0 Å². The Kier molecular flexibility index (Phi) is 6.67. The molecule has 0 saturated heterocycles. The van der Waals surface area contributed by atoms with Gasteiger partial charge in [-0.05, 0) is 120 Å². The minimum Gasteiger partial charge on any atom is -0.334 e. The lowest BCUT2D eigenvalue weighted by Gasteiger charge is -2.54. The largest absolute Gasteiger partial charge is 0.334 e. The van der Waals surface area contributed by atoms with Gasteiger partial charge in [0.2, 0.25) is 0 Å². The number of rotatable bonds is 3. The molecule has 4 atom stereocenters. The number of benzene rings is 7. The summed E-state index contributed by atoms with van der Waals surface area (Å²) in [7, 11) is 0. The van der Waals surface area contributed by atoms with Crippen molar-refractivity contribution in [1.82, 2.24) is 0 Å². The second-order valence-electron chi connectivity index (χ2n) is 18.8. The zero-order valence-corrected chi connectivity index (χ0v) is 34.3. The molecule has 4 heteroatoms. The molecule has 286 valence electrons. The average Bonchev–Trinajstić information content (AvgIpc) is 3.66. The van der Waals surface area contributed by atoms with Crippen molar-refractivity contribution >= 4 is 62.9 Å². The highest BCUT2D eigenvalue weighted by molar-refractivity contribution is 7.00. The van der Waals surface area contributed by atoms with Gasteiger partial charge in [-0.25, -0.2) is 0 Å². The lowest BCUT2D eigenvalue weighted by molar-refractivity contribution is 0.215. The van der Waals surface area contributed by atoms with Crippen molar-refractivity contribution < 1.29 is 0 Å². The standard InChI is InChI=1S/C55H48BN3/c1-52-34-31-37-19-10-11-24-41(37)54(52,3)59-49-36-40(58-46-29-14-12-25-42(46)55(38-20-6-4-7-21-38)33-17-16-32-53(55,58)2)35-48-50(49)56(45-28-18-26-43(52)51(45)59)44-27-13-15-30-47(44)57(48)39-22-8-5-9-23-39/h4-15,18-30,35-36H,16-17,31-34H2,1-3H3. The summed E-state index contributed by atoms with van der Waals surface area (Å²) in [5.41, 5.74) is 20.1. The fraction of sp³-hybridized carbons (Fsp3) is 0.236. The molecular formula is C55H48BN3. The maximum atomic E-state index is 2.86. The van der Waals surface area contributed by atoms with Crippen LogP contribution in [0.15, 0.2) is 164 Å². The Balaban J connectivity index is 1.16. The second kappa shape index (κ2) is 11.6. The quantitative estimate of drug-likeness (QED) is 0.166. The molecule has 6 aliphatic rings. The molecule has 59 heavy (non-hydrogen) atoms. The molecule has 4 unspecified atom stereocenters. The zero-order chi connectivity index (χ0) is 39.3. The summed E-state index contributed by atoms with van der Waals surface area (Å²) in [6.45, 7) is 7.86. The van der Waals surface area contributed by atoms with Crippen molar-refractivity contribution in [3.63, 3.8) is 0 Å². The van der Waals surface area contributed by atoms with Crippen molar-refractivity contribution in [2.24, 2.45) is 0 Å². The van der Waals surface area contributed by atoms with Gasteiger partial charge in [0, 0.05) is 50.6 Å². The first kappa shape index (κ1) is 33.9. The molecule has 7 aromatic rings. The molecule has 1 fully saturated rings. The number of hydrogen-bond donors (Lipinski definition) is 0. The SMILES string of the molecule is CC12CCc3ccccc3C1(C)N1c3cc(N4c5ccccc5C5(c6ccccc6)CCCCC45C)cc4c3B(c3ccccc3N4c3ccccc3)c3cccc2c31. The number of aryl methyl sites for hydroxylation is 1. The van der Waals surface area contributed by atoms with Crippen molar-refractivity contribution in [2.75, 3.05) is 14.7 Å². The van der Waals surface area contributed by atoms with Gasteiger partial charge in [0.25, 0.3) is 6.71 Å². The van der Waals surface area contributed by atoms with Gasteiger partial charge in [0.05, 0.1) is 11.1 Å². The molecule has 1 saturated carbocycles. The third-order valence-electron chi connectivity index (χ3n) is 16.6. The van der Waals surface area contributed by atoms with E-state index in [0.717, 1.165) is 25.7 Å². The summed E-state index contributed by atoms with van der Waals surface area (Å²) >= 11 is 0. The van der Waals surface area contributed by atoms with Crippen molar-refractivity contribution in [1.29, 1.82) is 0 Å². The Labute approximate surface area is 349 Å². The summed E-state index contributed by atoms with van der Waals surface area (Å²) in [5, 5.41) is 0. The maximum absolute atomic E-state index is 2.86. The monoisotopic (exact) mass is 761 g/mol. The number of hydrogen-bond acceptors (Lipinski definition) is 3.